The van der Waals surface area contributed by atoms with Crippen LogP contribution in [0, 0.1) is 0 Å². The maximum atomic E-state index is 12.9. The van der Waals surface area contributed by atoms with Gasteiger partial charge in [0.15, 0.2) is 0 Å². The zero-order valence-corrected chi connectivity index (χ0v) is 14.8. The van der Waals surface area contributed by atoms with Crippen LogP contribution in [-0.2, 0) is 16.1 Å². The average Bonchev–Trinajstić information content (AvgIpc) is 3.31. The predicted molar refractivity (Wildman–Crippen MR) is 97.4 cm³/mol. The number of carbonyl (C=O) groups is 2. The molecule has 124 valence electrons. The Morgan fingerprint density at radius 3 is 2.83 bits per heavy atom. The molecule has 0 spiro atoms. The van der Waals surface area contributed by atoms with Gasteiger partial charge >= 0.3 is 0 Å². The van der Waals surface area contributed by atoms with Gasteiger partial charge in [-0.05, 0) is 47.4 Å². The quantitative estimate of drug-likeness (QED) is 0.823. The van der Waals surface area contributed by atoms with Crippen molar-refractivity contribution in [1.82, 2.24) is 4.90 Å². The van der Waals surface area contributed by atoms with Crippen LogP contribution in [0.4, 0.5) is 5.69 Å². The Hall–Kier alpha value is -1.79. The fourth-order valence-corrected chi connectivity index (χ4v) is 4.54. The lowest BCUT2D eigenvalue weighted by Crippen LogP contribution is -2.45. The maximum Gasteiger partial charge on any atom is 0.243 e. The molecule has 0 atom stereocenters. The lowest BCUT2D eigenvalue weighted by atomic mass is 10.2. The van der Waals surface area contributed by atoms with E-state index in [-0.39, 0.29) is 18.4 Å². The van der Waals surface area contributed by atoms with Crippen molar-refractivity contribution in [2.75, 3.05) is 17.2 Å². The number of anilines is 1. The molecule has 4 nitrogen and oxygen atoms in total. The van der Waals surface area contributed by atoms with Crippen LogP contribution < -0.4 is 4.90 Å². The summed E-state index contributed by atoms with van der Waals surface area (Å²) in [6.07, 6.45) is 2.13. The smallest absolute Gasteiger partial charge is 0.243 e. The van der Waals surface area contributed by atoms with Crippen LogP contribution in [0.2, 0.25) is 0 Å². The summed E-state index contributed by atoms with van der Waals surface area (Å²) in [5.41, 5.74) is 2.03. The van der Waals surface area contributed by atoms with Gasteiger partial charge in [0.25, 0.3) is 0 Å². The number of carbonyl (C=O) groups excluding carboxylic acids is 2. The molecule has 1 aliphatic carbocycles. The molecule has 1 fully saturated rings. The second-order valence-electron chi connectivity index (χ2n) is 6.12. The van der Waals surface area contributed by atoms with Crippen LogP contribution in [0.25, 0.3) is 0 Å². The molecule has 1 saturated carbocycles. The fourth-order valence-electron chi connectivity index (χ4n) is 2.94. The third-order valence-corrected chi connectivity index (χ3v) is 6.12. The van der Waals surface area contributed by atoms with E-state index in [9.17, 15) is 9.59 Å². The molecule has 0 bridgehead atoms. The van der Waals surface area contributed by atoms with Crippen molar-refractivity contribution in [3.63, 3.8) is 0 Å². The standard InChI is InChI=1S/C18H18N2O2S2/c21-17(19(14-5-6-14)9-13-7-8-23-11-13)10-20-15-3-1-2-4-16(15)24-12-18(20)22/h1-4,7-8,11,14H,5-6,9-10,12H2. The molecule has 0 radical (unpaired) electrons. The average molecular weight is 358 g/mol. The minimum absolute atomic E-state index is 0.0123. The third-order valence-electron chi connectivity index (χ3n) is 4.34. The number of benzene rings is 1. The molecule has 2 heterocycles. The molecule has 0 N–H and O–H groups in total. The van der Waals surface area contributed by atoms with Crippen molar-refractivity contribution < 1.29 is 9.59 Å². The third kappa shape index (κ3) is 3.21. The predicted octanol–water partition coefficient (Wildman–Crippen LogP) is 3.38. The van der Waals surface area contributed by atoms with Gasteiger partial charge in [0, 0.05) is 17.5 Å². The molecule has 1 aromatic carbocycles. The van der Waals surface area contributed by atoms with E-state index in [4.69, 9.17) is 0 Å². The number of rotatable bonds is 5. The van der Waals surface area contributed by atoms with Crippen molar-refractivity contribution in [3.05, 3.63) is 46.7 Å². The first-order chi connectivity index (χ1) is 11.7. The summed E-state index contributed by atoms with van der Waals surface area (Å²) in [4.78, 5) is 29.9. The van der Waals surface area contributed by atoms with E-state index in [0.29, 0.717) is 18.3 Å². The van der Waals surface area contributed by atoms with Gasteiger partial charge in [-0.2, -0.15) is 11.3 Å². The lowest BCUT2D eigenvalue weighted by Gasteiger charge is -2.31. The first kappa shape index (κ1) is 15.7. The van der Waals surface area contributed by atoms with Gasteiger partial charge < -0.3 is 9.80 Å². The summed E-state index contributed by atoms with van der Waals surface area (Å²) in [5, 5.41) is 4.12. The van der Waals surface area contributed by atoms with Gasteiger partial charge in [-0.25, -0.2) is 0 Å². The molecule has 2 amide bonds. The first-order valence-electron chi connectivity index (χ1n) is 8.05. The topological polar surface area (TPSA) is 40.6 Å². The van der Waals surface area contributed by atoms with Crippen molar-refractivity contribution in [2.45, 2.75) is 30.3 Å². The van der Waals surface area contributed by atoms with Gasteiger partial charge in [-0.3, -0.25) is 9.59 Å². The van der Waals surface area contributed by atoms with Gasteiger partial charge in [-0.1, -0.05) is 12.1 Å². The molecular formula is C18H18N2O2S2. The number of amides is 2. The number of hydrogen-bond donors (Lipinski definition) is 0. The van der Waals surface area contributed by atoms with Crippen molar-refractivity contribution in [1.29, 1.82) is 0 Å². The molecule has 4 rings (SSSR count). The molecule has 2 aromatic rings. The molecular weight excluding hydrogens is 340 g/mol. The highest BCUT2D eigenvalue weighted by Crippen LogP contribution is 2.35. The minimum atomic E-state index is 0.0123. The number of thioether (sulfide) groups is 1. The van der Waals surface area contributed by atoms with Crippen LogP contribution in [-0.4, -0.2) is 35.1 Å². The van der Waals surface area contributed by atoms with Crippen LogP contribution in [0.15, 0.2) is 46.0 Å². The van der Waals surface area contributed by atoms with E-state index in [0.717, 1.165) is 23.4 Å². The maximum absolute atomic E-state index is 12.9. The van der Waals surface area contributed by atoms with Crippen molar-refractivity contribution in [3.8, 4) is 0 Å². The zero-order chi connectivity index (χ0) is 16.5. The molecule has 2 aliphatic rings. The Morgan fingerprint density at radius 1 is 1.25 bits per heavy atom. The molecule has 1 aliphatic heterocycles. The fraction of sp³-hybridized carbons (Fsp3) is 0.333. The number of para-hydroxylation sites is 1. The van der Waals surface area contributed by atoms with E-state index >= 15 is 0 Å². The number of nitrogens with zero attached hydrogens (tertiary/aromatic N) is 2. The van der Waals surface area contributed by atoms with Gasteiger partial charge in [-0.15, -0.1) is 11.8 Å². The van der Waals surface area contributed by atoms with Crippen molar-refractivity contribution in [2.24, 2.45) is 0 Å². The number of fused-ring (bicyclic) bond motifs is 1. The van der Waals surface area contributed by atoms with Gasteiger partial charge in [0.05, 0.1) is 11.4 Å². The highest BCUT2D eigenvalue weighted by molar-refractivity contribution is 8.00. The van der Waals surface area contributed by atoms with Crippen LogP contribution >= 0.6 is 23.1 Å². The molecule has 0 saturated heterocycles. The molecule has 1 aromatic heterocycles. The number of thiophene rings is 1. The second-order valence-corrected chi connectivity index (χ2v) is 7.92. The van der Waals surface area contributed by atoms with E-state index in [1.807, 2.05) is 34.5 Å². The highest BCUT2D eigenvalue weighted by Gasteiger charge is 2.35. The lowest BCUT2D eigenvalue weighted by molar-refractivity contribution is -0.132. The minimum Gasteiger partial charge on any atom is -0.334 e. The first-order valence-corrected chi connectivity index (χ1v) is 9.98. The summed E-state index contributed by atoms with van der Waals surface area (Å²) in [6.45, 7) is 0.780. The van der Waals surface area contributed by atoms with E-state index in [1.54, 1.807) is 28.0 Å². The van der Waals surface area contributed by atoms with Gasteiger partial charge in [0.2, 0.25) is 11.8 Å². The van der Waals surface area contributed by atoms with Crippen LogP contribution in [0.5, 0.6) is 0 Å². The van der Waals surface area contributed by atoms with Gasteiger partial charge in [0.1, 0.15) is 6.54 Å². The Balaban J connectivity index is 1.53. The zero-order valence-electron chi connectivity index (χ0n) is 13.2. The normalized spacial score (nSPS) is 16.8. The summed E-state index contributed by atoms with van der Waals surface area (Å²) < 4.78 is 0. The summed E-state index contributed by atoms with van der Waals surface area (Å²) in [7, 11) is 0. The van der Waals surface area contributed by atoms with E-state index < -0.39 is 0 Å². The molecule has 6 heteroatoms. The number of hydrogen-bond acceptors (Lipinski definition) is 4. The molecule has 0 unspecified atom stereocenters. The summed E-state index contributed by atoms with van der Waals surface area (Å²) in [5.74, 6) is 0.454. The van der Waals surface area contributed by atoms with E-state index in [2.05, 4.69) is 11.4 Å². The Kier molecular flexibility index (Phi) is 4.33. The van der Waals surface area contributed by atoms with Crippen LogP contribution in [0.1, 0.15) is 18.4 Å². The van der Waals surface area contributed by atoms with Crippen LogP contribution in [0.3, 0.4) is 0 Å². The Bertz CT molecular complexity index is 756. The Morgan fingerprint density at radius 2 is 2.08 bits per heavy atom. The van der Waals surface area contributed by atoms with Crippen molar-refractivity contribution >= 4 is 40.6 Å². The summed E-state index contributed by atoms with van der Waals surface area (Å²) in [6, 6.07) is 10.2. The second kappa shape index (κ2) is 6.61. The SMILES string of the molecule is O=C1CSc2ccccc2N1CC(=O)N(Cc1ccsc1)C1CC1. The molecule has 24 heavy (non-hydrogen) atoms. The highest BCUT2D eigenvalue weighted by atomic mass is 32.2. The summed E-state index contributed by atoms with van der Waals surface area (Å²) >= 11 is 3.19. The Labute approximate surface area is 149 Å². The largest absolute Gasteiger partial charge is 0.334 e. The van der Waals surface area contributed by atoms with E-state index in [1.165, 1.54) is 5.56 Å². The monoisotopic (exact) mass is 358 g/mol.